The first-order valence-corrected chi connectivity index (χ1v) is 38.8. The monoisotopic (exact) mass is 1160 g/mol. The average molecular weight is 1160 g/mol. The molecule has 0 aliphatic carbocycles. The van der Waals surface area contributed by atoms with Gasteiger partial charge in [-0.25, -0.2) is 0 Å². The van der Waals surface area contributed by atoms with Gasteiger partial charge in [0, 0.05) is 18.0 Å². The fraction of sp³-hybridized carbons (Fsp3) is 0.760. The summed E-state index contributed by atoms with van der Waals surface area (Å²) >= 11 is 4.39. The molecule has 350 valence electrons. The van der Waals surface area contributed by atoms with Crippen LogP contribution in [0.1, 0.15) is 236 Å². The Kier molecular flexibility index (Phi) is 37.8. The third-order valence-electron chi connectivity index (χ3n) is 11.2. The molecule has 4 rings (SSSR count). The Hall–Kier alpha value is -0.243. The fourth-order valence-corrected chi connectivity index (χ4v) is 28.7. The van der Waals surface area contributed by atoms with Gasteiger partial charge in [-0.05, 0) is 47.8 Å². The van der Waals surface area contributed by atoms with Crippen LogP contribution in [0.25, 0.3) is 0 Å². The zero-order valence-corrected chi connectivity index (χ0v) is 48.6. The number of amides is 4. The second kappa shape index (κ2) is 37.9. The Labute approximate surface area is 406 Å². The van der Waals surface area contributed by atoms with Crippen molar-refractivity contribution in [2.75, 3.05) is 13.1 Å². The number of rotatable bonds is 28. The van der Waals surface area contributed by atoms with Gasteiger partial charge in [-0.15, -0.1) is 22.7 Å². The number of imide groups is 2. The molecule has 0 unspecified atom stereocenters. The predicted molar refractivity (Wildman–Crippen MR) is 277 cm³/mol. The summed E-state index contributed by atoms with van der Waals surface area (Å²) in [5.74, 6) is -0.467. The van der Waals surface area contributed by atoms with Crippen molar-refractivity contribution >= 4 is 102 Å². The van der Waals surface area contributed by atoms with Crippen molar-refractivity contribution in [3.63, 3.8) is 0 Å². The van der Waals surface area contributed by atoms with E-state index in [0.717, 1.165) is 60.0 Å². The van der Waals surface area contributed by atoms with Gasteiger partial charge in [-0.1, -0.05) is 59.8 Å². The second-order valence-corrected chi connectivity index (χ2v) is 37.5. The van der Waals surface area contributed by atoms with Gasteiger partial charge in [0.15, 0.2) is 0 Å². The zero-order chi connectivity index (χ0) is 44.7. The third kappa shape index (κ3) is 23.7. The summed E-state index contributed by atoms with van der Waals surface area (Å²) in [5.41, 5.74) is 1.16. The van der Waals surface area contributed by atoms with E-state index >= 15 is 0 Å². The van der Waals surface area contributed by atoms with Crippen LogP contribution in [0.3, 0.4) is 0 Å². The molecule has 11 heteroatoms. The number of halogens is 1. The van der Waals surface area contributed by atoms with Crippen molar-refractivity contribution in [2.24, 2.45) is 0 Å². The van der Waals surface area contributed by atoms with Crippen molar-refractivity contribution < 1.29 is 19.2 Å². The van der Waals surface area contributed by atoms with Crippen LogP contribution >= 0.6 is 38.6 Å². The molecular weight excluding hydrogens is 1070 g/mol. The predicted octanol–water partition coefficient (Wildman–Crippen LogP) is 17.3. The molecule has 4 heterocycles. The Balaban J connectivity index is 0.000000791. The van der Waals surface area contributed by atoms with E-state index in [0.29, 0.717) is 34.0 Å². The molecule has 0 N–H and O–H groups in total. The fourth-order valence-electron chi connectivity index (χ4n) is 7.34. The van der Waals surface area contributed by atoms with E-state index in [1.165, 1.54) is 110 Å². The number of hydrogen-bond donors (Lipinski definition) is 0. The molecule has 0 aromatic carbocycles. The molecule has 0 bridgehead atoms. The van der Waals surface area contributed by atoms with Gasteiger partial charge in [-0.2, -0.15) is 0 Å². The van der Waals surface area contributed by atoms with Crippen LogP contribution in [0.4, 0.5) is 0 Å². The summed E-state index contributed by atoms with van der Waals surface area (Å²) in [5, 5.41) is 0. The van der Waals surface area contributed by atoms with Crippen LogP contribution in [0.5, 0.6) is 0 Å². The number of carbonyl (C=O) groups is 4. The quantitative estimate of drug-likeness (QED) is 0.0483. The summed E-state index contributed by atoms with van der Waals surface area (Å²) in [6, 6.07) is 3.57. The normalized spacial score (nSPS) is 12.9. The van der Waals surface area contributed by atoms with E-state index in [1.807, 2.05) is 13.0 Å². The van der Waals surface area contributed by atoms with Crippen molar-refractivity contribution in [3.05, 3.63) is 41.7 Å². The number of unbranched alkanes of at least 4 members (excludes halogenated alkanes) is 12. The molecule has 0 saturated heterocycles. The number of fused-ring (bicyclic) bond motifs is 2. The number of thiophene rings is 2. The first kappa shape index (κ1) is 60.8. The van der Waals surface area contributed by atoms with E-state index in [1.54, 1.807) is 32.7 Å². The minimum atomic E-state index is -0.839. The Morgan fingerprint density at radius 2 is 0.754 bits per heavy atom. The van der Waals surface area contributed by atoms with Gasteiger partial charge < -0.3 is 0 Å². The average Bonchev–Trinajstić information content (AvgIpc) is 3.95. The van der Waals surface area contributed by atoms with Crippen molar-refractivity contribution in [2.45, 2.75) is 225 Å². The summed E-state index contributed by atoms with van der Waals surface area (Å²) in [6.07, 6.45) is 26.3. The Morgan fingerprint density at radius 3 is 1.05 bits per heavy atom. The van der Waals surface area contributed by atoms with Crippen molar-refractivity contribution in [3.8, 4) is 0 Å². The van der Waals surface area contributed by atoms with Gasteiger partial charge in [0.05, 0.1) is 14.9 Å². The molecule has 0 fully saturated rings. The maximum atomic E-state index is 12.0. The van der Waals surface area contributed by atoms with E-state index in [9.17, 15) is 19.2 Å². The molecule has 0 atom stereocenters. The Bertz CT molecular complexity index is 1270. The third-order valence-corrected chi connectivity index (χ3v) is 32.0. The van der Waals surface area contributed by atoms with Crippen LogP contribution < -0.4 is 0 Å². The number of aryl methyl sites for hydroxylation is 1. The summed E-state index contributed by atoms with van der Waals surface area (Å²) in [6.45, 7) is 21.3. The van der Waals surface area contributed by atoms with Crippen LogP contribution in [0.15, 0.2) is 15.9 Å². The molecular formula is C50H89BrN2O4S2Sn2. The van der Waals surface area contributed by atoms with Gasteiger partial charge >= 0.3 is 185 Å². The van der Waals surface area contributed by atoms with Crippen molar-refractivity contribution in [1.82, 2.24) is 9.80 Å². The van der Waals surface area contributed by atoms with Crippen molar-refractivity contribution in [1.29, 1.82) is 0 Å². The van der Waals surface area contributed by atoms with Crippen LogP contribution in [-0.2, 0) is 0 Å². The van der Waals surface area contributed by atoms with E-state index in [-0.39, 0.29) is 31.1 Å². The maximum absolute atomic E-state index is 12.0. The standard InChI is InChI=1S/C13H17NO2S.C12H14BrNO2S.6C4H9.CH4.2Sn/c1-3-4-5-6-7-14-12(15)10-8-9(2)17-11(10)13(14)16;1-2-3-4-5-6-14-11(15)8-7-9(13)17-10(8)12(14)16;6*1-3-4-2;;;/h8H,3-7H2,1-2H3;7H,2-6H2,1H3;6*1,3-4H2,2H3;1H4;;. The molecule has 2 aliphatic rings. The zero-order valence-electron chi connectivity index (χ0n) is 39.7. The molecule has 2 aromatic rings. The number of carbonyl (C=O) groups excluding carboxylic acids is 4. The molecule has 2 aromatic heterocycles. The first-order chi connectivity index (χ1) is 29.0. The molecule has 2 radical (unpaired) electrons. The molecule has 0 spiro atoms. The van der Waals surface area contributed by atoms with E-state index in [4.69, 9.17) is 0 Å². The number of hydrogen-bond acceptors (Lipinski definition) is 6. The molecule has 6 nitrogen and oxygen atoms in total. The van der Waals surface area contributed by atoms with Gasteiger partial charge in [-0.3, -0.25) is 29.0 Å². The number of nitrogens with zero attached hydrogens (tertiary/aromatic N) is 2. The minimum absolute atomic E-state index is 0. The van der Waals surface area contributed by atoms with E-state index in [2.05, 4.69) is 71.3 Å². The molecule has 2 aliphatic heterocycles. The first-order valence-electron chi connectivity index (χ1n) is 24.3. The van der Waals surface area contributed by atoms with Crippen LogP contribution in [0.2, 0.25) is 26.6 Å². The topological polar surface area (TPSA) is 74.8 Å². The summed E-state index contributed by atoms with van der Waals surface area (Å²) in [7, 11) is 0. The molecule has 0 saturated carbocycles. The van der Waals surface area contributed by atoms with E-state index < -0.39 is 39.5 Å². The Morgan fingerprint density at radius 1 is 0.443 bits per heavy atom. The molecule has 4 amide bonds. The van der Waals surface area contributed by atoms with Gasteiger partial charge in [0.1, 0.15) is 9.75 Å². The summed E-state index contributed by atoms with van der Waals surface area (Å²) < 4.78 is 10.9. The SMILES string of the molecule is C.CCCCCCN1C(=O)c2cc(Br)sc2C1=O.CCCCCCN1C(=O)c2cc(C)sc2C1=O.CCC[CH2][Sn]([CH2]CCC)[CH2]CCC.CCC[CH2][Sn]([CH2]CCC)[CH2]CCC. The van der Waals surface area contributed by atoms with Crippen LogP contribution in [-0.4, -0.2) is 86.0 Å². The molecule has 61 heavy (non-hydrogen) atoms. The van der Waals surface area contributed by atoms with Gasteiger partial charge in [0.25, 0.3) is 23.6 Å². The van der Waals surface area contributed by atoms with Gasteiger partial charge in [0.2, 0.25) is 0 Å². The second-order valence-electron chi connectivity index (χ2n) is 16.7. The van der Waals surface area contributed by atoms with Crippen LogP contribution in [0, 0.1) is 6.92 Å². The summed E-state index contributed by atoms with van der Waals surface area (Å²) in [4.78, 5) is 53.0.